The maximum atomic E-state index is 12.9. The molecule has 0 spiro atoms. The molecule has 2 heterocycles. The summed E-state index contributed by atoms with van der Waals surface area (Å²) >= 11 is 0. The molecule has 5 rings (SSSR count). The zero-order valence-corrected chi connectivity index (χ0v) is 18.8. The molecule has 11 heteroatoms. The van der Waals surface area contributed by atoms with Crippen LogP contribution in [0.25, 0.3) is 11.0 Å². The Hall–Kier alpha value is -3.53. The van der Waals surface area contributed by atoms with Crippen LogP contribution in [0.15, 0.2) is 55.0 Å². The summed E-state index contributed by atoms with van der Waals surface area (Å²) in [5.41, 5.74) is 9.49. The van der Waals surface area contributed by atoms with Gasteiger partial charge in [-0.25, -0.2) is 9.97 Å². The summed E-state index contributed by atoms with van der Waals surface area (Å²) in [7, 11) is 0. The Morgan fingerprint density at radius 1 is 1.12 bits per heavy atom. The van der Waals surface area contributed by atoms with Gasteiger partial charge in [0.15, 0.2) is 17.1 Å². The van der Waals surface area contributed by atoms with Gasteiger partial charge < -0.3 is 15.2 Å². The summed E-state index contributed by atoms with van der Waals surface area (Å²) in [5, 5.41) is 5.27. The van der Waals surface area contributed by atoms with Gasteiger partial charge in [0, 0.05) is 12.1 Å². The molecule has 0 aliphatic heterocycles. The fourth-order valence-electron chi connectivity index (χ4n) is 4.46. The molecular weight excluding hydrogens is 471 g/mol. The van der Waals surface area contributed by atoms with E-state index in [4.69, 9.17) is 10.5 Å². The molecule has 2 N–H and O–H groups in total. The predicted octanol–water partition coefficient (Wildman–Crippen LogP) is 5.06. The minimum atomic E-state index is -4.81. The van der Waals surface area contributed by atoms with Crippen LogP contribution in [0.2, 0.25) is 0 Å². The van der Waals surface area contributed by atoms with E-state index >= 15 is 0 Å². The first kappa shape index (κ1) is 23.6. The standard InChI is InChI=1S/C23H20F3N5O2.ClH/c1-2-32-19-10-14(7-8-18(19)33-23(24,25)26)20-15-6-4-3-5-13(15)9-17(20)31-11-16-21(27)28-12-29-22(16)30-31;/h3-8,10-12,17,20H,2,9H2,1H3,(H2,27,28,29,30);1H. The Balaban J connectivity index is 0.00000274. The highest BCUT2D eigenvalue weighted by molar-refractivity contribution is 5.85. The van der Waals surface area contributed by atoms with Gasteiger partial charge in [-0.05, 0) is 42.2 Å². The van der Waals surface area contributed by atoms with Crippen molar-refractivity contribution >= 4 is 29.3 Å². The molecule has 2 atom stereocenters. The maximum Gasteiger partial charge on any atom is 0.573 e. The van der Waals surface area contributed by atoms with Crippen LogP contribution in [0.4, 0.5) is 19.0 Å². The minimum absolute atomic E-state index is 0. The lowest BCUT2D eigenvalue weighted by molar-refractivity contribution is -0.275. The van der Waals surface area contributed by atoms with Gasteiger partial charge in [0.05, 0.1) is 18.0 Å². The van der Waals surface area contributed by atoms with Gasteiger partial charge in [-0.2, -0.15) is 5.10 Å². The van der Waals surface area contributed by atoms with E-state index in [0.29, 0.717) is 23.3 Å². The monoisotopic (exact) mass is 491 g/mol. The van der Waals surface area contributed by atoms with Crippen LogP contribution >= 0.6 is 12.4 Å². The molecule has 178 valence electrons. The van der Waals surface area contributed by atoms with Crippen molar-refractivity contribution in [2.45, 2.75) is 31.7 Å². The predicted molar refractivity (Wildman–Crippen MR) is 122 cm³/mol. The van der Waals surface area contributed by atoms with Crippen LogP contribution in [-0.2, 0) is 6.42 Å². The SMILES string of the molecule is CCOc1cc(C2c3ccccc3CC2n2cc3c(N)ncnc3n2)ccc1OC(F)(F)F.Cl. The third kappa shape index (κ3) is 4.33. The van der Waals surface area contributed by atoms with Crippen molar-refractivity contribution in [3.63, 3.8) is 0 Å². The largest absolute Gasteiger partial charge is 0.573 e. The number of halogens is 4. The molecule has 2 aromatic heterocycles. The van der Waals surface area contributed by atoms with Gasteiger partial charge in [-0.3, -0.25) is 4.68 Å². The Morgan fingerprint density at radius 2 is 1.91 bits per heavy atom. The molecule has 0 saturated carbocycles. The number of alkyl halides is 3. The highest BCUT2D eigenvalue weighted by Crippen LogP contribution is 2.47. The second-order valence-corrected chi connectivity index (χ2v) is 7.74. The van der Waals surface area contributed by atoms with Crippen molar-refractivity contribution in [3.05, 3.63) is 71.7 Å². The molecular formula is C23H21ClF3N5O2. The van der Waals surface area contributed by atoms with E-state index in [1.54, 1.807) is 19.1 Å². The number of ether oxygens (including phenoxy) is 2. The topological polar surface area (TPSA) is 88.1 Å². The highest BCUT2D eigenvalue weighted by Gasteiger charge is 2.37. The number of hydrogen-bond acceptors (Lipinski definition) is 6. The third-order valence-electron chi connectivity index (χ3n) is 5.76. The first-order valence-corrected chi connectivity index (χ1v) is 10.4. The summed E-state index contributed by atoms with van der Waals surface area (Å²) in [5.74, 6) is -0.172. The van der Waals surface area contributed by atoms with Crippen LogP contribution in [0, 0.1) is 0 Å². The van der Waals surface area contributed by atoms with Crippen LogP contribution in [-0.4, -0.2) is 32.7 Å². The lowest BCUT2D eigenvalue weighted by atomic mass is 9.90. The van der Waals surface area contributed by atoms with Crippen LogP contribution in [0.5, 0.6) is 11.5 Å². The molecule has 1 aliphatic rings. The fraction of sp³-hybridized carbons (Fsp3) is 0.261. The Bertz CT molecular complexity index is 1330. The summed E-state index contributed by atoms with van der Waals surface area (Å²) in [6.07, 6.45) is -0.943. The van der Waals surface area contributed by atoms with E-state index in [1.165, 1.54) is 12.4 Å². The summed E-state index contributed by atoms with van der Waals surface area (Å²) in [6, 6.07) is 12.4. The number of nitrogens with zero attached hydrogens (tertiary/aromatic N) is 4. The number of aromatic nitrogens is 4. The van der Waals surface area contributed by atoms with Crippen molar-refractivity contribution in [3.8, 4) is 11.5 Å². The van der Waals surface area contributed by atoms with E-state index in [1.807, 2.05) is 35.1 Å². The van der Waals surface area contributed by atoms with Gasteiger partial charge in [0.1, 0.15) is 12.1 Å². The van der Waals surface area contributed by atoms with Crippen molar-refractivity contribution in [1.82, 2.24) is 19.7 Å². The van der Waals surface area contributed by atoms with E-state index in [0.717, 1.165) is 16.7 Å². The molecule has 7 nitrogen and oxygen atoms in total. The molecule has 0 bridgehead atoms. The second kappa shape index (κ2) is 9.02. The number of nitrogens with two attached hydrogens (primary N) is 1. The van der Waals surface area contributed by atoms with E-state index in [2.05, 4.69) is 19.8 Å². The first-order chi connectivity index (χ1) is 15.8. The van der Waals surface area contributed by atoms with E-state index in [-0.39, 0.29) is 42.5 Å². The lowest BCUT2D eigenvalue weighted by Gasteiger charge is -2.23. The number of benzene rings is 2. The van der Waals surface area contributed by atoms with Crippen LogP contribution in [0.3, 0.4) is 0 Å². The van der Waals surface area contributed by atoms with Gasteiger partial charge in [-0.15, -0.1) is 25.6 Å². The normalized spacial score (nSPS) is 17.3. The number of nitrogen functional groups attached to an aromatic ring is 1. The molecule has 0 saturated heterocycles. The molecule has 4 aromatic rings. The smallest absolute Gasteiger partial charge is 0.490 e. The van der Waals surface area contributed by atoms with Crippen LogP contribution in [0.1, 0.15) is 35.6 Å². The average Bonchev–Trinajstić information content (AvgIpc) is 3.37. The molecule has 0 radical (unpaired) electrons. The number of anilines is 1. The molecule has 2 unspecified atom stereocenters. The average molecular weight is 492 g/mol. The lowest BCUT2D eigenvalue weighted by Crippen LogP contribution is -2.19. The fourth-order valence-corrected chi connectivity index (χ4v) is 4.46. The maximum absolute atomic E-state index is 12.9. The van der Waals surface area contributed by atoms with Crippen molar-refractivity contribution in [2.24, 2.45) is 0 Å². The zero-order valence-electron chi connectivity index (χ0n) is 18.0. The second-order valence-electron chi connectivity index (χ2n) is 7.74. The van der Waals surface area contributed by atoms with E-state index in [9.17, 15) is 13.2 Å². The highest BCUT2D eigenvalue weighted by atomic mass is 35.5. The van der Waals surface area contributed by atoms with Gasteiger partial charge in [-0.1, -0.05) is 30.3 Å². The summed E-state index contributed by atoms with van der Waals surface area (Å²) in [4.78, 5) is 8.22. The number of fused-ring (bicyclic) bond motifs is 2. The van der Waals surface area contributed by atoms with Gasteiger partial charge >= 0.3 is 6.36 Å². The Labute approximate surface area is 199 Å². The van der Waals surface area contributed by atoms with Crippen molar-refractivity contribution < 1.29 is 22.6 Å². The van der Waals surface area contributed by atoms with Gasteiger partial charge in [0.2, 0.25) is 0 Å². The number of rotatable bonds is 5. The quantitative estimate of drug-likeness (QED) is 0.420. The van der Waals surface area contributed by atoms with Crippen LogP contribution < -0.4 is 15.2 Å². The molecule has 2 aromatic carbocycles. The number of hydrogen-bond donors (Lipinski definition) is 1. The zero-order chi connectivity index (χ0) is 23.2. The first-order valence-electron chi connectivity index (χ1n) is 10.4. The van der Waals surface area contributed by atoms with Crippen molar-refractivity contribution in [2.75, 3.05) is 12.3 Å². The van der Waals surface area contributed by atoms with E-state index < -0.39 is 6.36 Å². The third-order valence-corrected chi connectivity index (χ3v) is 5.76. The molecule has 0 amide bonds. The molecule has 1 aliphatic carbocycles. The molecule has 34 heavy (non-hydrogen) atoms. The van der Waals surface area contributed by atoms with Crippen molar-refractivity contribution in [1.29, 1.82) is 0 Å². The summed E-state index contributed by atoms with van der Waals surface area (Å²) < 4.78 is 50.1. The Kier molecular flexibility index (Phi) is 6.26. The minimum Gasteiger partial charge on any atom is -0.490 e. The summed E-state index contributed by atoms with van der Waals surface area (Å²) in [6.45, 7) is 1.91. The Morgan fingerprint density at radius 3 is 2.65 bits per heavy atom. The van der Waals surface area contributed by atoms with Gasteiger partial charge in [0.25, 0.3) is 0 Å². The molecule has 0 fully saturated rings.